The van der Waals surface area contributed by atoms with Crippen LogP contribution in [0.15, 0.2) is 46.3 Å². The van der Waals surface area contributed by atoms with Gasteiger partial charge >= 0.3 is 0 Å². The molecule has 0 saturated heterocycles. The van der Waals surface area contributed by atoms with Crippen molar-refractivity contribution in [3.63, 3.8) is 0 Å². The summed E-state index contributed by atoms with van der Waals surface area (Å²) >= 11 is 5.02. The Kier molecular flexibility index (Phi) is 5.99. The summed E-state index contributed by atoms with van der Waals surface area (Å²) in [4.78, 5) is 19.1. The van der Waals surface area contributed by atoms with Crippen LogP contribution in [0.3, 0.4) is 0 Å². The Balaban J connectivity index is 1.74. The number of carbonyl (C=O) groups is 1. The molecule has 4 rings (SSSR count). The molecule has 28 heavy (non-hydrogen) atoms. The molecule has 2 heterocycles. The Morgan fingerprint density at radius 3 is 2.68 bits per heavy atom. The molecular formula is C20H20N2O3S3. The van der Waals surface area contributed by atoms with Gasteiger partial charge in [0.2, 0.25) is 6.79 Å². The third-order valence-electron chi connectivity index (χ3n) is 4.31. The Morgan fingerprint density at radius 1 is 1.21 bits per heavy atom. The fourth-order valence-electron chi connectivity index (χ4n) is 2.96. The van der Waals surface area contributed by atoms with Gasteiger partial charge in [0.05, 0.1) is 10.2 Å². The zero-order valence-corrected chi connectivity index (χ0v) is 18.1. The molecule has 1 aromatic heterocycles. The highest BCUT2D eigenvalue weighted by Crippen LogP contribution is 2.37. The lowest BCUT2D eigenvalue weighted by molar-refractivity contribution is 0.0998. The SMILES string of the molecule is CCSc1ccc(C(=O)N=c2sc3cc4c(cc3n2CCSC)OCO4)cc1. The van der Waals surface area contributed by atoms with Crippen LogP contribution >= 0.6 is 34.9 Å². The Labute approximate surface area is 175 Å². The smallest absolute Gasteiger partial charge is 0.279 e. The molecule has 1 aliphatic rings. The number of ether oxygens (including phenoxy) is 2. The van der Waals surface area contributed by atoms with Crippen LogP contribution in [-0.2, 0) is 6.54 Å². The van der Waals surface area contributed by atoms with Gasteiger partial charge in [0.25, 0.3) is 5.91 Å². The van der Waals surface area contributed by atoms with Crippen LogP contribution in [0.25, 0.3) is 10.2 Å². The van der Waals surface area contributed by atoms with E-state index in [1.54, 1.807) is 23.5 Å². The van der Waals surface area contributed by atoms with Crippen LogP contribution in [0.4, 0.5) is 0 Å². The number of hydrogen-bond acceptors (Lipinski definition) is 6. The van der Waals surface area contributed by atoms with Crippen LogP contribution in [0.5, 0.6) is 11.5 Å². The molecule has 0 N–H and O–H groups in total. The van der Waals surface area contributed by atoms with E-state index in [1.807, 2.05) is 36.4 Å². The third-order valence-corrected chi connectivity index (χ3v) is 6.83. The lowest BCUT2D eigenvalue weighted by Gasteiger charge is -2.04. The summed E-state index contributed by atoms with van der Waals surface area (Å²) in [5.41, 5.74) is 1.62. The molecule has 0 atom stereocenters. The molecule has 0 bridgehead atoms. The Morgan fingerprint density at radius 2 is 1.96 bits per heavy atom. The highest BCUT2D eigenvalue weighted by atomic mass is 32.2. The summed E-state index contributed by atoms with van der Waals surface area (Å²) in [6.45, 7) is 3.14. The second kappa shape index (κ2) is 8.63. The maximum absolute atomic E-state index is 12.8. The molecule has 0 aliphatic carbocycles. The van der Waals surface area contributed by atoms with Gasteiger partial charge in [-0.2, -0.15) is 16.8 Å². The van der Waals surface area contributed by atoms with Crippen molar-refractivity contribution >= 4 is 51.0 Å². The molecule has 3 aromatic rings. The number of thiazole rings is 1. The molecule has 0 saturated carbocycles. The van der Waals surface area contributed by atoms with E-state index in [0.717, 1.165) is 44.7 Å². The van der Waals surface area contributed by atoms with Crippen molar-refractivity contribution in [2.45, 2.75) is 18.4 Å². The van der Waals surface area contributed by atoms with Crippen molar-refractivity contribution in [1.82, 2.24) is 4.57 Å². The number of hydrogen-bond donors (Lipinski definition) is 0. The number of fused-ring (bicyclic) bond motifs is 2. The number of amides is 1. The van der Waals surface area contributed by atoms with Gasteiger partial charge < -0.3 is 14.0 Å². The van der Waals surface area contributed by atoms with E-state index in [-0.39, 0.29) is 12.7 Å². The first-order valence-corrected chi connectivity index (χ1v) is 12.1. The summed E-state index contributed by atoms with van der Waals surface area (Å²) in [5.74, 6) is 3.20. The van der Waals surface area contributed by atoms with Crippen LogP contribution < -0.4 is 14.3 Å². The quantitative estimate of drug-likeness (QED) is 0.531. The highest BCUT2D eigenvalue weighted by molar-refractivity contribution is 7.99. The monoisotopic (exact) mass is 432 g/mol. The first-order valence-electron chi connectivity index (χ1n) is 8.93. The van der Waals surface area contributed by atoms with Gasteiger partial charge in [-0.25, -0.2) is 0 Å². The summed E-state index contributed by atoms with van der Waals surface area (Å²) in [6, 6.07) is 11.6. The lowest BCUT2D eigenvalue weighted by Crippen LogP contribution is -2.18. The Bertz CT molecular complexity index is 1070. The number of carbonyl (C=O) groups excluding carboxylic acids is 1. The first kappa shape index (κ1) is 19.4. The molecular weight excluding hydrogens is 412 g/mol. The average molecular weight is 433 g/mol. The number of benzene rings is 2. The molecule has 1 aliphatic heterocycles. The van der Waals surface area contributed by atoms with E-state index < -0.39 is 0 Å². The van der Waals surface area contributed by atoms with E-state index in [0.29, 0.717) is 10.4 Å². The van der Waals surface area contributed by atoms with Gasteiger partial charge in [-0.1, -0.05) is 18.3 Å². The zero-order valence-electron chi connectivity index (χ0n) is 15.6. The minimum absolute atomic E-state index is 0.224. The standard InChI is InChI=1S/C20H20N2O3S3/c1-3-27-14-6-4-13(5-7-14)19(23)21-20-22(8-9-26-2)15-10-16-17(25-12-24-16)11-18(15)28-20/h4-7,10-11H,3,8-9,12H2,1-2H3. The second-order valence-corrected chi connectivity index (χ2v) is 9.41. The van der Waals surface area contributed by atoms with Gasteiger partial charge in [-0.05, 0) is 36.3 Å². The Hall–Kier alpha value is -1.90. The number of thioether (sulfide) groups is 2. The third kappa shape index (κ3) is 3.94. The number of nitrogens with zero attached hydrogens (tertiary/aromatic N) is 2. The van der Waals surface area contributed by atoms with Gasteiger partial charge in [-0.3, -0.25) is 4.79 Å². The first-order chi connectivity index (χ1) is 13.7. The van der Waals surface area contributed by atoms with Crippen molar-refractivity contribution in [3.05, 3.63) is 46.8 Å². The molecule has 8 heteroatoms. The van der Waals surface area contributed by atoms with E-state index in [2.05, 4.69) is 22.7 Å². The summed E-state index contributed by atoms with van der Waals surface area (Å²) < 4.78 is 14.1. The zero-order chi connectivity index (χ0) is 19.5. The lowest BCUT2D eigenvalue weighted by atomic mass is 10.2. The molecule has 0 radical (unpaired) electrons. The average Bonchev–Trinajstić information content (AvgIpc) is 3.28. The predicted molar refractivity (Wildman–Crippen MR) is 117 cm³/mol. The summed E-state index contributed by atoms with van der Waals surface area (Å²) in [7, 11) is 0. The van der Waals surface area contributed by atoms with Gasteiger partial charge in [0.1, 0.15) is 0 Å². The molecule has 146 valence electrons. The second-order valence-electron chi connectivity index (χ2n) is 6.08. The number of rotatable bonds is 6. The molecule has 0 fully saturated rings. The largest absolute Gasteiger partial charge is 0.454 e. The summed E-state index contributed by atoms with van der Waals surface area (Å²) in [5, 5.41) is 0. The van der Waals surface area contributed by atoms with Crippen LogP contribution in [-0.4, -0.2) is 35.0 Å². The molecule has 5 nitrogen and oxygen atoms in total. The van der Waals surface area contributed by atoms with E-state index in [9.17, 15) is 4.79 Å². The van der Waals surface area contributed by atoms with Crippen molar-refractivity contribution in [1.29, 1.82) is 0 Å². The minimum Gasteiger partial charge on any atom is -0.454 e. The summed E-state index contributed by atoms with van der Waals surface area (Å²) in [6.07, 6.45) is 2.07. The normalized spacial score (nSPS) is 13.4. The van der Waals surface area contributed by atoms with Crippen LogP contribution in [0.1, 0.15) is 17.3 Å². The van der Waals surface area contributed by atoms with Crippen LogP contribution in [0.2, 0.25) is 0 Å². The predicted octanol–water partition coefficient (Wildman–Crippen LogP) is 4.65. The fourth-order valence-corrected chi connectivity index (χ4v) is 5.05. The minimum atomic E-state index is -0.224. The van der Waals surface area contributed by atoms with Gasteiger partial charge in [-0.15, -0.1) is 11.8 Å². The van der Waals surface area contributed by atoms with E-state index in [4.69, 9.17) is 9.47 Å². The maximum atomic E-state index is 12.8. The molecule has 0 spiro atoms. The van der Waals surface area contributed by atoms with Crippen molar-refractivity contribution in [3.8, 4) is 11.5 Å². The van der Waals surface area contributed by atoms with Gasteiger partial charge in [0.15, 0.2) is 16.3 Å². The van der Waals surface area contributed by atoms with E-state index in [1.165, 1.54) is 11.3 Å². The molecule has 1 amide bonds. The fraction of sp³-hybridized carbons (Fsp3) is 0.300. The molecule has 0 unspecified atom stereocenters. The van der Waals surface area contributed by atoms with Crippen molar-refractivity contribution in [2.75, 3.05) is 24.6 Å². The van der Waals surface area contributed by atoms with Gasteiger partial charge in [0, 0.05) is 34.9 Å². The van der Waals surface area contributed by atoms with Crippen molar-refractivity contribution < 1.29 is 14.3 Å². The van der Waals surface area contributed by atoms with Crippen LogP contribution in [0, 0.1) is 0 Å². The highest BCUT2D eigenvalue weighted by Gasteiger charge is 2.18. The number of aromatic nitrogens is 1. The number of aryl methyl sites for hydroxylation is 1. The topological polar surface area (TPSA) is 52.8 Å². The maximum Gasteiger partial charge on any atom is 0.279 e. The van der Waals surface area contributed by atoms with E-state index >= 15 is 0 Å². The van der Waals surface area contributed by atoms with Crippen molar-refractivity contribution in [2.24, 2.45) is 4.99 Å². The molecule has 2 aromatic carbocycles.